The molecule has 0 aliphatic carbocycles. The molecule has 0 aliphatic rings. The second-order valence-corrected chi connectivity index (χ2v) is 7.51. The average Bonchev–Trinajstić information content (AvgIpc) is 2.29. The molecule has 0 saturated carbocycles. The Hall–Kier alpha value is -1.67. The van der Waals surface area contributed by atoms with Crippen molar-refractivity contribution in [2.75, 3.05) is 12.3 Å². The van der Waals surface area contributed by atoms with Crippen LogP contribution < -0.4 is 15.8 Å². The summed E-state index contributed by atoms with van der Waals surface area (Å²) >= 11 is 0. The Kier molecular flexibility index (Phi) is 4.95. The largest absolute Gasteiger partial charge is 0.399 e. The molecule has 4 N–H and O–H groups in total. The molecule has 0 atom stereocenters. The van der Waals surface area contributed by atoms with Crippen LogP contribution in [-0.4, -0.2) is 26.4 Å². The van der Waals surface area contributed by atoms with E-state index in [1.54, 1.807) is 20.8 Å². The molecule has 1 aromatic carbocycles. The van der Waals surface area contributed by atoms with Gasteiger partial charge in [-0.15, -0.1) is 0 Å². The highest BCUT2D eigenvalue weighted by Gasteiger charge is 2.23. The van der Waals surface area contributed by atoms with Crippen LogP contribution in [0.2, 0.25) is 0 Å². The number of halogens is 1. The molecule has 1 aromatic rings. The average molecular weight is 317 g/mol. The fraction of sp³-hybridized carbons (Fsp3) is 0.462. The highest BCUT2D eigenvalue weighted by molar-refractivity contribution is 7.89. The number of aryl methyl sites for hydroxylation is 1. The van der Waals surface area contributed by atoms with Crippen LogP contribution in [0.1, 0.15) is 26.3 Å². The van der Waals surface area contributed by atoms with E-state index in [1.807, 2.05) is 0 Å². The lowest BCUT2D eigenvalue weighted by Gasteiger charge is -2.20. The number of nitrogens with two attached hydrogens (primary N) is 1. The Bertz CT molecular complexity index is 651. The normalized spacial score (nSPS) is 12.2. The zero-order valence-corrected chi connectivity index (χ0v) is 13.3. The number of carbonyl (C=O) groups is 1. The molecule has 0 bridgehead atoms. The van der Waals surface area contributed by atoms with Crippen molar-refractivity contribution in [2.24, 2.45) is 0 Å². The van der Waals surface area contributed by atoms with Crippen molar-refractivity contribution in [3.05, 3.63) is 23.5 Å². The van der Waals surface area contributed by atoms with Gasteiger partial charge in [-0.05, 0) is 45.4 Å². The summed E-state index contributed by atoms with van der Waals surface area (Å²) in [5, 5.41) is 2.60. The predicted octanol–water partition coefficient (Wildman–Crippen LogP) is 0.909. The first kappa shape index (κ1) is 17.4. The molecule has 0 radical (unpaired) electrons. The monoisotopic (exact) mass is 317 g/mol. The summed E-state index contributed by atoms with van der Waals surface area (Å²) in [7, 11) is -4.15. The quantitative estimate of drug-likeness (QED) is 0.718. The third-order valence-electron chi connectivity index (χ3n) is 2.47. The lowest BCUT2D eigenvalue weighted by molar-refractivity contribution is -0.121. The Balaban J connectivity index is 2.91. The zero-order valence-electron chi connectivity index (χ0n) is 12.5. The highest BCUT2D eigenvalue weighted by atomic mass is 32.2. The first-order chi connectivity index (χ1) is 9.42. The third kappa shape index (κ3) is 4.98. The van der Waals surface area contributed by atoms with Gasteiger partial charge < -0.3 is 11.1 Å². The molecule has 118 valence electrons. The second-order valence-electron chi connectivity index (χ2n) is 5.77. The Morgan fingerprint density at radius 2 is 1.90 bits per heavy atom. The number of amides is 1. The number of carbonyl (C=O) groups excluding carboxylic acids is 1. The van der Waals surface area contributed by atoms with Gasteiger partial charge in [-0.3, -0.25) is 4.79 Å². The van der Waals surface area contributed by atoms with Gasteiger partial charge in [0.15, 0.2) is 0 Å². The number of sulfonamides is 1. The number of nitrogens with one attached hydrogen (secondary N) is 2. The van der Waals surface area contributed by atoms with Crippen LogP contribution in [0.5, 0.6) is 0 Å². The maximum absolute atomic E-state index is 13.9. The first-order valence-electron chi connectivity index (χ1n) is 6.29. The number of benzene rings is 1. The summed E-state index contributed by atoms with van der Waals surface area (Å²) in [4.78, 5) is 11.0. The molecule has 0 unspecified atom stereocenters. The number of hydrogen-bond donors (Lipinski definition) is 3. The van der Waals surface area contributed by atoms with Crippen LogP contribution in [0.15, 0.2) is 17.0 Å². The molecule has 1 rings (SSSR count). The number of rotatable bonds is 4. The SMILES string of the molecule is Cc1cc(N)cc(S(=O)(=O)NCC(=O)NC(C)(C)C)c1F. The molecule has 1 amide bonds. The van der Waals surface area contributed by atoms with E-state index >= 15 is 0 Å². The first-order valence-corrected chi connectivity index (χ1v) is 7.77. The van der Waals surface area contributed by atoms with Gasteiger partial charge in [0.1, 0.15) is 10.7 Å². The van der Waals surface area contributed by atoms with Crippen LogP contribution in [0.4, 0.5) is 10.1 Å². The van der Waals surface area contributed by atoms with Crippen LogP contribution >= 0.6 is 0 Å². The fourth-order valence-corrected chi connectivity index (χ4v) is 2.83. The molecule has 8 heteroatoms. The molecule has 0 aliphatic heterocycles. The molecule has 6 nitrogen and oxygen atoms in total. The summed E-state index contributed by atoms with van der Waals surface area (Å²) in [6.07, 6.45) is 0. The molecule has 0 spiro atoms. The van der Waals surface area contributed by atoms with Crippen molar-refractivity contribution in [3.8, 4) is 0 Å². The van der Waals surface area contributed by atoms with E-state index in [0.29, 0.717) is 0 Å². The van der Waals surface area contributed by atoms with E-state index in [0.717, 1.165) is 6.07 Å². The Morgan fingerprint density at radius 3 is 2.43 bits per heavy atom. The maximum Gasteiger partial charge on any atom is 0.244 e. The predicted molar refractivity (Wildman–Crippen MR) is 78.6 cm³/mol. The molecule has 0 fully saturated rings. The van der Waals surface area contributed by atoms with E-state index < -0.39 is 38.7 Å². The number of anilines is 1. The van der Waals surface area contributed by atoms with Gasteiger partial charge in [0.25, 0.3) is 0 Å². The molecular weight excluding hydrogens is 297 g/mol. The summed E-state index contributed by atoms with van der Waals surface area (Å²) < 4.78 is 40.0. The molecule has 21 heavy (non-hydrogen) atoms. The van der Waals surface area contributed by atoms with E-state index in [2.05, 4.69) is 10.0 Å². The van der Waals surface area contributed by atoms with Crippen LogP contribution in [0.25, 0.3) is 0 Å². The minimum atomic E-state index is -4.15. The van der Waals surface area contributed by atoms with Crippen molar-refractivity contribution < 1.29 is 17.6 Å². The summed E-state index contributed by atoms with van der Waals surface area (Å²) in [5.74, 6) is -1.39. The summed E-state index contributed by atoms with van der Waals surface area (Å²) in [6.45, 7) is 6.23. The summed E-state index contributed by atoms with van der Waals surface area (Å²) in [6, 6.07) is 2.35. The Labute approximate surface area is 124 Å². The van der Waals surface area contributed by atoms with Gasteiger partial charge in [0.05, 0.1) is 6.54 Å². The standard InChI is InChI=1S/C13H20FN3O3S/c1-8-5-9(15)6-10(12(8)14)21(19,20)16-7-11(18)17-13(2,3)4/h5-6,16H,7,15H2,1-4H3,(H,17,18). The van der Waals surface area contributed by atoms with Gasteiger partial charge in [0, 0.05) is 11.2 Å². The van der Waals surface area contributed by atoms with E-state index in [9.17, 15) is 17.6 Å². The van der Waals surface area contributed by atoms with E-state index in [1.165, 1.54) is 13.0 Å². The van der Waals surface area contributed by atoms with Gasteiger partial charge in [-0.2, -0.15) is 0 Å². The zero-order chi connectivity index (χ0) is 16.4. The topological polar surface area (TPSA) is 101 Å². The van der Waals surface area contributed by atoms with Crippen molar-refractivity contribution in [1.29, 1.82) is 0 Å². The van der Waals surface area contributed by atoms with Gasteiger partial charge in [-0.25, -0.2) is 17.5 Å². The van der Waals surface area contributed by atoms with Crippen molar-refractivity contribution in [1.82, 2.24) is 10.0 Å². The fourth-order valence-electron chi connectivity index (χ4n) is 1.66. The molecule has 0 saturated heterocycles. The van der Waals surface area contributed by atoms with Crippen LogP contribution in [-0.2, 0) is 14.8 Å². The van der Waals surface area contributed by atoms with Crippen molar-refractivity contribution >= 4 is 21.6 Å². The molecular formula is C13H20FN3O3S. The van der Waals surface area contributed by atoms with E-state index in [-0.39, 0.29) is 11.3 Å². The molecule has 0 heterocycles. The smallest absolute Gasteiger partial charge is 0.244 e. The second kappa shape index (κ2) is 5.98. The lowest BCUT2D eigenvalue weighted by Crippen LogP contribution is -2.45. The van der Waals surface area contributed by atoms with Crippen LogP contribution in [0.3, 0.4) is 0 Å². The van der Waals surface area contributed by atoms with Crippen molar-refractivity contribution in [3.63, 3.8) is 0 Å². The van der Waals surface area contributed by atoms with Crippen LogP contribution in [0, 0.1) is 12.7 Å². The highest BCUT2D eigenvalue weighted by Crippen LogP contribution is 2.21. The Morgan fingerprint density at radius 1 is 1.33 bits per heavy atom. The van der Waals surface area contributed by atoms with Gasteiger partial charge in [-0.1, -0.05) is 0 Å². The van der Waals surface area contributed by atoms with Gasteiger partial charge in [0.2, 0.25) is 15.9 Å². The minimum absolute atomic E-state index is 0.120. The van der Waals surface area contributed by atoms with Crippen molar-refractivity contribution in [2.45, 2.75) is 38.1 Å². The minimum Gasteiger partial charge on any atom is -0.399 e. The lowest BCUT2D eigenvalue weighted by atomic mass is 10.1. The maximum atomic E-state index is 13.9. The third-order valence-corrected chi connectivity index (χ3v) is 3.87. The van der Waals surface area contributed by atoms with E-state index in [4.69, 9.17) is 5.73 Å². The van der Waals surface area contributed by atoms with Gasteiger partial charge >= 0.3 is 0 Å². The number of nitrogen functional groups attached to an aromatic ring is 1. The molecule has 0 aromatic heterocycles. The number of hydrogen-bond acceptors (Lipinski definition) is 4. The summed E-state index contributed by atoms with van der Waals surface area (Å²) in [5.41, 5.74) is 5.29.